The first-order chi connectivity index (χ1) is 15.9. The van der Waals surface area contributed by atoms with Crippen LogP contribution in [0.15, 0.2) is 35.4 Å². The van der Waals surface area contributed by atoms with E-state index in [0.717, 1.165) is 7.25 Å². The van der Waals surface area contributed by atoms with E-state index in [1.165, 1.54) is 11.1 Å². The number of rotatable bonds is 4. The molecule has 0 aliphatic heterocycles. The monoisotopic (exact) mass is 616 g/mol. The zero-order valence-electron chi connectivity index (χ0n) is 24.4. The molecule has 0 amide bonds. The largest absolute Gasteiger partial charge is 1.00 e. The second-order valence-electron chi connectivity index (χ2n) is 11.9. The van der Waals surface area contributed by atoms with Crippen molar-refractivity contribution in [1.29, 1.82) is 0 Å². The van der Waals surface area contributed by atoms with Crippen molar-refractivity contribution in [3.8, 4) is 0 Å². The van der Waals surface area contributed by atoms with Crippen molar-refractivity contribution in [2.24, 2.45) is 0 Å². The van der Waals surface area contributed by atoms with E-state index in [9.17, 15) is 0 Å². The van der Waals surface area contributed by atoms with Gasteiger partial charge in [0.05, 0.1) is 0 Å². The summed E-state index contributed by atoms with van der Waals surface area (Å²) < 4.78 is 1.45. The maximum atomic E-state index is 2.65. The van der Waals surface area contributed by atoms with Crippen LogP contribution >= 0.6 is 0 Å². The molecular formula is C32H44Cl2SiZr. The van der Waals surface area contributed by atoms with E-state index in [-0.39, 0.29) is 24.8 Å². The Morgan fingerprint density at radius 3 is 1.22 bits per heavy atom. The fourth-order valence-electron chi connectivity index (χ4n) is 6.76. The molecule has 0 aromatic heterocycles. The van der Waals surface area contributed by atoms with Crippen LogP contribution < -0.4 is 24.8 Å². The summed E-state index contributed by atoms with van der Waals surface area (Å²) >= 11 is -2.02. The first-order valence-corrected chi connectivity index (χ1v) is 22.2. The van der Waals surface area contributed by atoms with Gasteiger partial charge in [0, 0.05) is 0 Å². The van der Waals surface area contributed by atoms with E-state index >= 15 is 0 Å². The van der Waals surface area contributed by atoms with E-state index in [1.807, 2.05) is 0 Å². The fourth-order valence-corrected chi connectivity index (χ4v) is 27.8. The maximum Gasteiger partial charge on any atom is -1.00 e. The topological polar surface area (TPSA) is 0 Å². The van der Waals surface area contributed by atoms with Gasteiger partial charge in [-0.1, -0.05) is 0 Å². The fraction of sp³-hybridized carbons (Fsp3) is 0.500. The second-order valence-corrected chi connectivity index (χ2v) is 29.8. The number of halogens is 2. The van der Waals surface area contributed by atoms with E-state index in [2.05, 4.69) is 107 Å². The van der Waals surface area contributed by atoms with Gasteiger partial charge >= 0.3 is 218 Å². The third-order valence-electron chi connectivity index (χ3n) is 8.55. The number of hydrogen-bond acceptors (Lipinski definition) is 0. The molecule has 0 radical (unpaired) electrons. The van der Waals surface area contributed by atoms with Gasteiger partial charge in [0.2, 0.25) is 0 Å². The number of aryl methyl sites for hydroxylation is 2. The van der Waals surface area contributed by atoms with Crippen LogP contribution in [-0.4, -0.2) is 5.43 Å². The predicted octanol–water partition coefficient (Wildman–Crippen LogP) is 3.82. The number of hydrogen-bond donors (Lipinski definition) is 0. The quantitative estimate of drug-likeness (QED) is 0.458. The summed E-state index contributed by atoms with van der Waals surface area (Å²) in [4.78, 5) is 0. The minimum absolute atomic E-state index is 0. The van der Waals surface area contributed by atoms with E-state index in [1.54, 1.807) is 55.7 Å². The molecule has 0 spiro atoms. The Morgan fingerprint density at radius 1 is 0.611 bits per heavy atom. The molecule has 2 aliphatic rings. The molecular weight excluding hydrogens is 575 g/mol. The summed E-state index contributed by atoms with van der Waals surface area (Å²) in [6.45, 7) is 29.3. The van der Waals surface area contributed by atoms with Crippen molar-refractivity contribution >= 4 is 16.6 Å². The van der Waals surface area contributed by atoms with Gasteiger partial charge in [-0.3, -0.25) is 0 Å². The molecule has 0 bridgehead atoms. The standard InChI is InChI=1S/2C15H19.C2H6Si.2ClH.Zr/c2*1-9(2)14-7-10(3)6-13-8-11(4)12(5)15(13)14;1-3-2;;;/h2*6-9H,1-5H3;1-2H3;2*1H;/q;;;;;+2/p-2. The van der Waals surface area contributed by atoms with Crippen LogP contribution in [0.25, 0.3) is 11.1 Å². The molecule has 0 N–H and O–H groups in total. The molecule has 2 aromatic carbocycles. The molecule has 2 unspecified atom stereocenters. The molecule has 4 heteroatoms. The van der Waals surface area contributed by atoms with Crippen molar-refractivity contribution in [1.82, 2.24) is 0 Å². The first kappa shape index (κ1) is 31.8. The van der Waals surface area contributed by atoms with Crippen LogP contribution in [0.4, 0.5) is 0 Å². The summed E-state index contributed by atoms with van der Waals surface area (Å²) in [5.41, 5.74) is 18.9. The molecule has 4 rings (SSSR count). The van der Waals surface area contributed by atoms with Crippen molar-refractivity contribution in [3.63, 3.8) is 0 Å². The Hall–Kier alpha value is -0.400. The van der Waals surface area contributed by atoms with Crippen LogP contribution in [0, 0.1) is 13.8 Å². The molecule has 194 valence electrons. The van der Waals surface area contributed by atoms with Gasteiger partial charge < -0.3 is 24.8 Å². The Bertz CT molecular complexity index is 1200. The van der Waals surface area contributed by atoms with Crippen LogP contribution in [-0.2, 0) is 20.4 Å². The maximum absolute atomic E-state index is 2.65. The second kappa shape index (κ2) is 11.8. The third kappa shape index (κ3) is 5.11. The Labute approximate surface area is 241 Å². The number of benzene rings is 2. The smallest absolute Gasteiger partial charge is 1.00 e. The summed E-state index contributed by atoms with van der Waals surface area (Å²) in [5.74, 6) is 1.14. The molecule has 0 heterocycles. The zero-order chi connectivity index (χ0) is 25.2. The van der Waals surface area contributed by atoms with Gasteiger partial charge in [-0.2, -0.15) is 0 Å². The van der Waals surface area contributed by atoms with Crippen LogP contribution in [0.2, 0.25) is 13.1 Å². The van der Waals surface area contributed by atoms with Gasteiger partial charge in [0.15, 0.2) is 0 Å². The Morgan fingerprint density at radius 2 is 0.944 bits per heavy atom. The van der Waals surface area contributed by atoms with Gasteiger partial charge in [-0.05, 0) is 0 Å². The SMILES string of the molecule is CC1=C(C)[CH]([Zr+2]([CH]2C(C)=C(C)c3c(C(C)C)cc(C)cc32)=[Si](C)C)c2cc(C)cc(C(C)C)c21.[Cl-].[Cl-]. The minimum atomic E-state index is -2.02. The summed E-state index contributed by atoms with van der Waals surface area (Å²) in [7, 11) is 0. The number of fused-ring (bicyclic) bond motifs is 2. The number of allylic oxidation sites excluding steroid dienone is 4. The summed E-state index contributed by atoms with van der Waals surface area (Å²) in [6.07, 6.45) is 0. The average Bonchev–Trinajstić information content (AvgIpc) is 3.13. The predicted molar refractivity (Wildman–Crippen MR) is 150 cm³/mol. The van der Waals surface area contributed by atoms with Gasteiger partial charge in [0.1, 0.15) is 0 Å². The van der Waals surface area contributed by atoms with E-state index in [0.29, 0.717) is 11.8 Å². The van der Waals surface area contributed by atoms with Crippen LogP contribution in [0.5, 0.6) is 0 Å². The third-order valence-corrected chi connectivity index (χ3v) is 28.4. The molecule has 0 saturated heterocycles. The molecule has 0 nitrogen and oxygen atoms in total. The van der Waals surface area contributed by atoms with Crippen molar-refractivity contribution < 1.29 is 45.2 Å². The molecule has 0 saturated carbocycles. The Balaban J connectivity index is 0.00000228. The summed E-state index contributed by atoms with van der Waals surface area (Å²) in [6, 6.07) is 10.1. The molecule has 36 heavy (non-hydrogen) atoms. The van der Waals surface area contributed by atoms with E-state index < -0.39 is 25.8 Å². The van der Waals surface area contributed by atoms with Crippen molar-refractivity contribution in [2.75, 3.05) is 0 Å². The normalized spacial score (nSPS) is 18.1. The van der Waals surface area contributed by atoms with Gasteiger partial charge in [-0.15, -0.1) is 0 Å². The van der Waals surface area contributed by atoms with Crippen LogP contribution in [0.3, 0.4) is 0 Å². The zero-order valence-corrected chi connectivity index (χ0v) is 29.3. The summed E-state index contributed by atoms with van der Waals surface area (Å²) in [5, 5.41) is 0. The first-order valence-electron chi connectivity index (χ1n) is 13.2. The van der Waals surface area contributed by atoms with Crippen molar-refractivity contribution in [3.05, 3.63) is 79.9 Å². The molecule has 2 atom stereocenters. The molecule has 2 aliphatic carbocycles. The molecule has 0 fully saturated rings. The van der Waals surface area contributed by atoms with Crippen molar-refractivity contribution in [2.45, 2.75) is 101 Å². The van der Waals surface area contributed by atoms with Crippen LogP contribution in [0.1, 0.15) is 119 Å². The average molecular weight is 619 g/mol. The van der Waals surface area contributed by atoms with E-state index in [4.69, 9.17) is 0 Å². The van der Waals surface area contributed by atoms with Gasteiger partial charge in [-0.25, -0.2) is 0 Å². The van der Waals surface area contributed by atoms with Gasteiger partial charge in [0.25, 0.3) is 0 Å². The molecule has 2 aromatic rings. The Kier molecular flexibility index (Phi) is 10.4. The minimum Gasteiger partial charge on any atom is -1.00 e.